The molecule has 0 radical (unpaired) electrons. The summed E-state index contributed by atoms with van der Waals surface area (Å²) in [6.07, 6.45) is 15.0. The highest BCUT2D eigenvalue weighted by Gasteiger charge is 2.59. The standard InChI is InChI=1S/C23H36O2/c1-5-16(2)7-8-17-9-10-18-11-12-20-22(3,19(18)15-17)13-6-14-23(20,4)21(24)25/h5,7,17-20H,1,6,8-15H2,2-4H3,(H,24,25)/b16-7+. The average Bonchev–Trinajstić information content (AvgIpc) is 2.59. The Labute approximate surface area is 153 Å². The van der Waals surface area contributed by atoms with E-state index in [2.05, 4.69) is 26.5 Å². The summed E-state index contributed by atoms with van der Waals surface area (Å²) in [5.41, 5.74) is 1.000. The fourth-order valence-corrected chi connectivity index (χ4v) is 6.77. The van der Waals surface area contributed by atoms with Crippen molar-refractivity contribution >= 4 is 5.97 Å². The summed E-state index contributed by atoms with van der Waals surface area (Å²) in [6, 6.07) is 0. The molecule has 3 saturated carbocycles. The molecule has 0 aromatic rings. The van der Waals surface area contributed by atoms with Gasteiger partial charge in [0.1, 0.15) is 0 Å². The first-order valence-electron chi connectivity index (χ1n) is 10.3. The topological polar surface area (TPSA) is 37.3 Å². The first-order chi connectivity index (χ1) is 11.8. The van der Waals surface area contributed by atoms with Crippen LogP contribution in [0.5, 0.6) is 0 Å². The van der Waals surface area contributed by atoms with E-state index in [-0.39, 0.29) is 5.41 Å². The van der Waals surface area contributed by atoms with E-state index < -0.39 is 11.4 Å². The number of carboxylic acids is 1. The van der Waals surface area contributed by atoms with Gasteiger partial charge in [-0.1, -0.05) is 37.6 Å². The van der Waals surface area contributed by atoms with E-state index in [1.807, 2.05) is 13.0 Å². The van der Waals surface area contributed by atoms with E-state index >= 15 is 0 Å². The molecule has 25 heavy (non-hydrogen) atoms. The molecule has 3 aliphatic carbocycles. The Hall–Kier alpha value is -1.05. The molecule has 0 bridgehead atoms. The van der Waals surface area contributed by atoms with Gasteiger partial charge >= 0.3 is 5.97 Å². The van der Waals surface area contributed by atoms with Gasteiger partial charge in [0.25, 0.3) is 0 Å². The van der Waals surface area contributed by atoms with Crippen molar-refractivity contribution in [1.29, 1.82) is 0 Å². The molecule has 0 heterocycles. The van der Waals surface area contributed by atoms with Crippen LogP contribution in [0.4, 0.5) is 0 Å². The Morgan fingerprint density at radius 3 is 2.60 bits per heavy atom. The third-order valence-corrected chi connectivity index (χ3v) is 8.34. The molecule has 0 aromatic heterocycles. The second-order valence-electron chi connectivity index (χ2n) is 9.65. The van der Waals surface area contributed by atoms with Crippen LogP contribution in [-0.2, 0) is 4.79 Å². The molecule has 0 aromatic carbocycles. The Morgan fingerprint density at radius 1 is 1.20 bits per heavy atom. The van der Waals surface area contributed by atoms with E-state index in [1.165, 1.54) is 37.7 Å². The van der Waals surface area contributed by atoms with E-state index in [0.29, 0.717) is 5.92 Å². The van der Waals surface area contributed by atoms with Gasteiger partial charge in [-0.25, -0.2) is 0 Å². The van der Waals surface area contributed by atoms with Crippen molar-refractivity contribution in [2.75, 3.05) is 0 Å². The minimum absolute atomic E-state index is 0.226. The molecule has 0 aliphatic heterocycles. The molecule has 1 N–H and O–H groups in total. The molecule has 140 valence electrons. The molecule has 3 rings (SSSR count). The molecule has 0 amide bonds. The van der Waals surface area contributed by atoms with Gasteiger partial charge in [-0.2, -0.15) is 0 Å². The van der Waals surface area contributed by atoms with Crippen LogP contribution < -0.4 is 0 Å². The summed E-state index contributed by atoms with van der Waals surface area (Å²) in [7, 11) is 0. The van der Waals surface area contributed by atoms with Gasteiger partial charge in [-0.05, 0) is 94.3 Å². The number of allylic oxidation sites excluding steroid dienone is 3. The SMILES string of the molecule is C=C/C(C)=C/CC1CCC2CCC3C(C)(C(=O)O)CCCC3(C)C2C1. The number of carboxylic acid groups (broad SMARTS) is 1. The lowest BCUT2D eigenvalue weighted by atomic mass is 9.43. The minimum Gasteiger partial charge on any atom is -0.481 e. The summed E-state index contributed by atoms with van der Waals surface area (Å²) in [5, 5.41) is 9.95. The van der Waals surface area contributed by atoms with Gasteiger partial charge in [0, 0.05) is 0 Å². The van der Waals surface area contributed by atoms with Gasteiger partial charge in [-0.3, -0.25) is 4.79 Å². The van der Waals surface area contributed by atoms with Crippen molar-refractivity contribution in [1.82, 2.24) is 0 Å². The molecular formula is C23H36O2. The number of fused-ring (bicyclic) bond motifs is 3. The molecule has 6 unspecified atom stereocenters. The fraction of sp³-hybridized carbons (Fsp3) is 0.783. The zero-order valence-electron chi connectivity index (χ0n) is 16.4. The van der Waals surface area contributed by atoms with Crippen molar-refractivity contribution in [3.05, 3.63) is 24.3 Å². The van der Waals surface area contributed by atoms with E-state index in [1.54, 1.807) is 0 Å². The van der Waals surface area contributed by atoms with Gasteiger partial charge in [0.2, 0.25) is 0 Å². The highest BCUT2D eigenvalue weighted by molar-refractivity contribution is 5.75. The van der Waals surface area contributed by atoms with Crippen molar-refractivity contribution in [3.8, 4) is 0 Å². The third-order valence-electron chi connectivity index (χ3n) is 8.34. The third kappa shape index (κ3) is 3.22. The lowest BCUT2D eigenvalue weighted by molar-refractivity contribution is -0.172. The Kier molecular flexibility index (Phi) is 5.19. The maximum absolute atomic E-state index is 12.1. The highest BCUT2D eigenvalue weighted by Crippen LogP contribution is 2.64. The van der Waals surface area contributed by atoms with Crippen LogP contribution in [-0.4, -0.2) is 11.1 Å². The summed E-state index contributed by atoms with van der Waals surface area (Å²) < 4.78 is 0. The average molecular weight is 345 g/mol. The first kappa shape index (κ1) is 18.7. The molecule has 3 fully saturated rings. The van der Waals surface area contributed by atoms with E-state index in [0.717, 1.165) is 43.4 Å². The first-order valence-corrected chi connectivity index (χ1v) is 10.3. The minimum atomic E-state index is -0.557. The normalized spacial score (nSPS) is 44.5. The molecule has 2 heteroatoms. The smallest absolute Gasteiger partial charge is 0.309 e. The zero-order valence-corrected chi connectivity index (χ0v) is 16.4. The molecule has 0 saturated heterocycles. The maximum Gasteiger partial charge on any atom is 0.309 e. The summed E-state index contributed by atoms with van der Waals surface area (Å²) in [5.74, 6) is 2.12. The predicted octanol–water partition coefficient (Wildman–Crippen LogP) is 6.23. The maximum atomic E-state index is 12.1. The Balaban J connectivity index is 1.81. The lowest BCUT2D eigenvalue weighted by Crippen LogP contribution is -2.56. The van der Waals surface area contributed by atoms with Crippen LogP contribution in [0.15, 0.2) is 24.3 Å². The largest absolute Gasteiger partial charge is 0.481 e. The number of hydrogen-bond donors (Lipinski definition) is 1. The number of hydrogen-bond acceptors (Lipinski definition) is 1. The van der Waals surface area contributed by atoms with Crippen molar-refractivity contribution in [2.24, 2.45) is 34.5 Å². The molecule has 3 aliphatic rings. The lowest BCUT2D eigenvalue weighted by Gasteiger charge is -2.60. The second-order valence-corrected chi connectivity index (χ2v) is 9.65. The van der Waals surface area contributed by atoms with Gasteiger partial charge < -0.3 is 5.11 Å². The van der Waals surface area contributed by atoms with Crippen LogP contribution >= 0.6 is 0 Å². The quantitative estimate of drug-likeness (QED) is 0.614. The monoisotopic (exact) mass is 344 g/mol. The van der Waals surface area contributed by atoms with E-state index in [9.17, 15) is 9.90 Å². The number of aliphatic carboxylic acids is 1. The van der Waals surface area contributed by atoms with Gasteiger partial charge in [-0.15, -0.1) is 0 Å². The summed E-state index contributed by atoms with van der Waals surface area (Å²) >= 11 is 0. The van der Waals surface area contributed by atoms with Crippen molar-refractivity contribution in [3.63, 3.8) is 0 Å². The van der Waals surface area contributed by atoms with Crippen molar-refractivity contribution in [2.45, 2.75) is 78.6 Å². The Morgan fingerprint density at radius 2 is 1.92 bits per heavy atom. The molecular weight excluding hydrogens is 308 g/mol. The van der Waals surface area contributed by atoms with Crippen LogP contribution in [0.2, 0.25) is 0 Å². The number of rotatable bonds is 4. The van der Waals surface area contributed by atoms with Gasteiger partial charge in [0.15, 0.2) is 0 Å². The van der Waals surface area contributed by atoms with Crippen molar-refractivity contribution < 1.29 is 9.90 Å². The highest BCUT2D eigenvalue weighted by atomic mass is 16.4. The molecule has 2 nitrogen and oxygen atoms in total. The second kappa shape index (κ2) is 6.93. The van der Waals surface area contributed by atoms with E-state index in [4.69, 9.17) is 0 Å². The van der Waals surface area contributed by atoms with Gasteiger partial charge in [0.05, 0.1) is 5.41 Å². The summed E-state index contributed by atoms with van der Waals surface area (Å²) in [6.45, 7) is 10.5. The van der Waals surface area contributed by atoms with Crippen LogP contribution in [0.1, 0.15) is 78.6 Å². The van der Waals surface area contributed by atoms with Crippen LogP contribution in [0.3, 0.4) is 0 Å². The zero-order chi connectivity index (χ0) is 18.2. The molecule has 6 atom stereocenters. The van der Waals surface area contributed by atoms with Crippen LogP contribution in [0.25, 0.3) is 0 Å². The molecule has 0 spiro atoms. The fourth-order valence-electron chi connectivity index (χ4n) is 6.77. The Bertz CT molecular complexity index is 562. The number of carbonyl (C=O) groups is 1. The van der Waals surface area contributed by atoms with Crippen LogP contribution in [0, 0.1) is 34.5 Å². The summed E-state index contributed by atoms with van der Waals surface area (Å²) in [4.78, 5) is 12.1. The predicted molar refractivity (Wildman–Crippen MR) is 103 cm³/mol.